The zero-order valence-electron chi connectivity index (χ0n) is 51.5. The monoisotopic (exact) mass is 1260 g/mol. The standard InChI is InChI=1S/C31H35N7O4.C20H24BN3O5.C11H13BrN4O/c1-18-11-27(34-36(18)6)33-24-12-21(16-35(5)29(24)40)22-7-8-32-28(23(22)17-42-19(2)39)38-10-9-37-25(30(38)41)13-20-14-31(3,4)15-26(20)37;1-12(25)29-11-14-15(21(27)28)4-5-22-18(14)24-7-6-23-16(19(24)26)8-13-9-20(2,3)10-17(13)23;1-7-4-10(14-16(7)3)13-9-5-8(12)6-15(2)11(9)17/h7-8,11-13,16H,9-10,14-15,17H2,1-6H3,(H,33,34);4-5,8,27-28H,6-7,9-11H2,1-3H3;4-6H,1-3H3,(H,13,14). The number of aromatic nitrogens is 10. The van der Waals surface area contributed by atoms with Crippen LogP contribution in [0, 0.1) is 24.7 Å². The Morgan fingerprint density at radius 1 is 0.625 bits per heavy atom. The molecule has 460 valence electrons. The molecule has 0 saturated carbocycles. The maximum Gasteiger partial charge on any atom is 0.489 e. The molecular weight excluding hydrogens is 1190 g/mol. The summed E-state index contributed by atoms with van der Waals surface area (Å²) >= 11 is 3.35. The lowest BCUT2D eigenvalue weighted by molar-refractivity contribution is -0.143. The number of anilines is 6. The highest BCUT2D eigenvalue weighted by Crippen LogP contribution is 2.42. The van der Waals surface area contributed by atoms with Gasteiger partial charge in [-0.3, -0.25) is 47.9 Å². The molecule has 4 N–H and O–H groups in total. The Hall–Kier alpha value is -8.88. The summed E-state index contributed by atoms with van der Waals surface area (Å²) in [6, 6.07) is 14.5. The van der Waals surface area contributed by atoms with Gasteiger partial charge < -0.3 is 48.4 Å². The maximum atomic E-state index is 13.9. The number of rotatable bonds is 12. The molecule has 0 aromatic carbocycles. The molecule has 0 radical (unpaired) electrons. The number of carbonyl (C=O) groups excluding carboxylic acids is 4. The maximum absolute atomic E-state index is 13.9. The van der Waals surface area contributed by atoms with Gasteiger partial charge in [-0.2, -0.15) is 10.2 Å². The molecule has 2 aliphatic heterocycles. The molecule has 2 amide bonds. The summed E-state index contributed by atoms with van der Waals surface area (Å²) in [5.74, 6) is 0.681. The predicted octanol–water partition coefficient (Wildman–Crippen LogP) is 6.23. The third kappa shape index (κ3) is 12.8. The Morgan fingerprint density at radius 3 is 1.55 bits per heavy atom. The first-order chi connectivity index (χ1) is 41.6. The van der Waals surface area contributed by atoms with Crippen molar-refractivity contribution in [1.29, 1.82) is 0 Å². The van der Waals surface area contributed by atoms with Crippen LogP contribution in [0.5, 0.6) is 0 Å². The Bertz CT molecular complexity index is 4190. The number of aryl methyl sites for hydroxylation is 6. The van der Waals surface area contributed by atoms with Gasteiger partial charge in [0.15, 0.2) is 11.6 Å². The fraction of sp³-hybridized carbons (Fsp3) is 0.387. The highest BCUT2D eigenvalue weighted by atomic mass is 79.9. The van der Waals surface area contributed by atoms with Crippen LogP contribution in [0.3, 0.4) is 0 Å². The first-order valence-electron chi connectivity index (χ1n) is 28.8. The van der Waals surface area contributed by atoms with Gasteiger partial charge in [0.1, 0.15) is 47.6 Å². The van der Waals surface area contributed by atoms with Gasteiger partial charge in [0.25, 0.3) is 22.9 Å². The number of fused-ring (bicyclic) bond motifs is 6. The van der Waals surface area contributed by atoms with Gasteiger partial charge in [0.05, 0.1) is 0 Å². The highest BCUT2D eigenvalue weighted by Gasteiger charge is 2.40. The van der Waals surface area contributed by atoms with Crippen LogP contribution in [0.4, 0.5) is 34.6 Å². The SMILES string of the molecule is CC(=O)OCc1c(-c2cc(Nc3cc(C)n(C)n3)c(=O)n(C)c2)ccnc1N1CCn2c(cc3c2CC(C)(C)C3)C1=O.CC(=O)OCc1c(B(O)O)ccnc1N1CCn2c(cc3c2CC(C)(C)C3)C1=O.Cc1cc(Nc2cc(Br)cn(C)c2=O)nn1C. The molecule has 26 heteroatoms. The summed E-state index contributed by atoms with van der Waals surface area (Å²) in [4.78, 5) is 87.4. The summed E-state index contributed by atoms with van der Waals surface area (Å²) in [7, 11) is 5.32. The zero-order valence-corrected chi connectivity index (χ0v) is 53.1. The summed E-state index contributed by atoms with van der Waals surface area (Å²) in [5.41, 5.74) is 11.6. The number of pyridine rings is 4. The molecule has 12 rings (SSSR count). The van der Waals surface area contributed by atoms with Crippen LogP contribution >= 0.6 is 15.9 Å². The Morgan fingerprint density at radius 2 is 1.08 bits per heavy atom. The second-order valence-corrected chi connectivity index (χ2v) is 25.4. The van der Waals surface area contributed by atoms with Crippen molar-refractivity contribution in [2.75, 3.05) is 33.5 Å². The fourth-order valence-corrected chi connectivity index (χ4v) is 12.6. The second kappa shape index (κ2) is 24.4. The van der Waals surface area contributed by atoms with Crippen molar-refractivity contribution in [3.8, 4) is 11.1 Å². The number of halogens is 1. The minimum absolute atomic E-state index is 0.0750. The molecule has 10 heterocycles. The van der Waals surface area contributed by atoms with Gasteiger partial charge in [-0.05, 0) is 125 Å². The number of esters is 2. The third-order valence-electron chi connectivity index (χ3n) is 16.4. The van der Waals surface area contributed by atoms with Gasteiger partial charge in [0.2, 0.25) is 0 Å². The van der Waals surface area contributed by atoms with Crippen molar-refractivity contribution < 1.29 is 38.7 Å². The number of hydrogen-bond acceptors (Lipinski definition) is 16. The van der Waals surface area contributed by atoms with E-state index in [0.717, 1.165) is 41.5 Å². The minimum Gasteiger partial charge on any atom is -0.461 e. The molecule has 0 atom stereocenters. The molecule has 8 aromatic rings. The highest BCUT2D eigenvalue weighted by molar-refractivity contribution is 9.10. The van der Waals surface area contributed by atoms with E-state index in [0.29, 0.717) is 88.6 Å². The molecular formula is C62H72BBrN14O10. The molecule has 2 aliphatic carbocycles. The van der Waals surface area contributed by atoms with E-state index >= 15 is 0 Å². The van der Waals surface area contributed by atoms with Crippen molar-refractivity contribution in [3.63, 3.8) is 0 Å². The third-order valence-corrected chi connectivity index (χ3v) is 16.8. The van der Waals surface area contributed by atoms with E-state index in [1.54, 1.807) is 59.1 Å². The van der Waals surface area contributed by atoms with Crippen molar-refractivity contribution >= 4 is 86.9 Å². The first kappa shape index (κ1) is 62.2. The van der Waals surface area contributed by atoms with E-state index in [9.17, 15) is 38.8 Å². The normalized spacial score (nSPS) is 15.1. The average Bonchev–Trinajstić information content (AvgIpc) is 1.74. The van der Waals surface area contributed by atoms with Crippen LogP contribution in [-0.2, 0) is 99.2 Å². The lowest BCUT2D eigenvalue weighted by atomic mass is 9.77. The molecule has 0 fully saturated rings. The van der Waals surface area contributed by atoms with Crippen molar-refractivity contribution in [3.05, 3.63) is 155 Å². The number of carbonyl (C=O) groups is 4. The lowest BCUT2D eigenvalue weighted by Crippen LogP contribution is -2.43. The quantitative estimate of drug-likeness (QED) is 0.0780. The van der Waals surface area contributed by atoms with E-state index in [1.165, 1.54) is 62.7 Å². The van der Waals surface area contributed by atoms with E-state index in [1.807, 2.05) is 58.3 Å². The Labute approximate surface area is 517 Å². The second-order valence-electron chi connectivity index (χ2n) is 24.4. The minimum atomic E-state index is -1.77. The number of amides is 2. The average molecular weight is 1260 g/mol. The molecule has 8 aromatic heterocycles. The Kier molecular flexibility index (Phi) is 17.2. The van der Waals surface area contributed by atoms with E-state index in [2.05, 4.69) is 83.6 Å². The van der Waals surface area contributed by atoms with Crippen LogP contribution in [0.2, 0.25) is 0 Å². The van der Waals surface area contributed by atoms with Crippen molar-refractivity contribution in [1.82, 2.24) is 47.8 Å². The summed E-state index contributed by atoms with van der Waals surface area (Å²) in [6.45, 7) is 17.3. The van der Waals surface area contributed by atoms with Crippen LogP contribution in [0.15, 0.2) is 87.4 Å². The lowest BCUT2D eigenvalue weighted by Gasteiger charge is -2.31. The Balaban J connectivity index is 0.000000160. The molecule has 0 saturated heterocycles. The number of hydrogen-bond donors (Lipinski definition) is 4. The van der Waals surface area contributed by atoms with Gasteiger partial charge in [-0.1, -0.05) is 27.7 Å². The van der Waals surface area contributed by atoms with Crippen molar-refractivity contribution in [2.45, 2.75) is 107 Å². The molecule has 0 spiro atoms. The summed E-state index contributed by atoms with van der Waals surface area (Å²) in [6.07, 6.45) is 10.3. The van der Waals surface area contributed by atoms with E-state index in [4.69, 9.17) is 9.47 Å². The molecule has 24 nitrogen and oxygen atoms in total. The van der Waals surface area contributed by atoms with Gasteiger partial charge in [0, 0.05) is 149 Å². The predicted molar refractivity (Wildman–Crippen MR) is 336 cm³/mol. The van der Waals surface area contributed by atoms with Gasteiger partial charge in [-0.15, -0.1) is 0 Å². The first-order valence-corrected chi connectivity index (χ1v) is 29.6. The summed E-state index contributed by atoms with van der Waals surface area (Å²) < 4.78 is 22.1. The molecule has 88 heavy (non-hydrogen) atoms. The topological polar surface area (TPSA) is 273 Å². The molecule has 0 bridgehead atoms. The van der Waals surface area contributed by atoms with E-state index < -0.39 is 19.1 Å². The van der Waals surface area contributed by atoms with Gasteiger partial charge in [-0.25, -0.2) is 9.97 Å². The summed E-state index contributed by atoms with van der Waals surface area (Å²) in [5, 5.41) is 34.3. The number of nitrogens with zero attached hydrogens (tertiary/aromatic N) is 12. The number of ether oxygens (including phenoxy) is 2. The smallest absolute Gasteiger partial charge is 0.461 e. The van der Waals surface area contributed by atoms with Crippen LogP contribution in [0.25, 0.3) is 11.1 Å². The van der Waals surface area contributed by atoms with E-state index in [-0.39, 0.29) is 58.3 Å². The zero-order chi connectivity index (χ0) is 63.4. The largest absolute Gasteiger partial charge is 0.489 e. The molecule has 4 aliphatic rings. The van der Waals surface area contributed by atoms with Crippen molar-refractivity contribution in [2.24, 2.45) is 39.0 Å². The van der Waals surface area contributed by atoms with Crippen LogP contribution in [0.1, 0.15) is 108 Å². The van der Waals surface area contributed by atoms with Crippen LogP contribution < -0.4 is 37.0 Å². The van der Waals surface area contributed by atoms with Gasteiger partial charge >= 0.3 is 19.1 Å². The number of nitrogens with one attached hydrogen (secondary N) is 2. The fourth-order valence-electron chi connectivity index (χ4n) is 12.0. The molecule has 0 unspecified atom stereocenters. The van der Waals surface area contributed by atoms with Crippen LogP contribution in [-0.4, -0.2) is 102 Å².